The van der Waals surface area contributed by atoms with Gasteiger partial charge in [0.1, 0.15) is 19.0 Å². The van der Waals surface area contributed by atoms with E-state index in [-0.39, 0.29) is 43.6 Å². The van der Waals surface area contributed by atoms with Gasteiger partial charge < -0.3 is 30.1 Å². The fourth-order valence-electron chi connectivity index (χ4n) is 6.06. The molecule has 3 aliphatic rings. The van der Waals surface area contributed by atoms with Gasteiger partial charge in [0.2, 0.25) is 5.91 Å². The molecular formula is C37H40Cl3N3O5. The maximum absolute atomic E-state index is 14.4. The quantitative estimate of drug-likeness (QED) is 0.160. The van der Waals surface area contributed by atoms with Gasteiger partial charge in [0.15, 0.2) is 5.75 Å². The molecule has 2 aliphatic carbocycles. The lowest BCUT2D eigenvalue weighted by molar-refractivity contribution is -0.128. The fourth-order valence-corrected chi connectivity index (χ4v) is 6.94. The summed E-state index contributed by atoms with van der Waals surface area (Å²) in [6.45, 7) is 3.67. The first-order valence-corrected chi connectivity index (χ1v) is 17.6. The lowest BCUT2D eigenvalue weighted by atomic mass is 9.88. The minimum absolute atomic E-state index is 0.0862. The summed E-state index contributed by atoms with van der Waals surface area (Å²) in [4.78, 5) is 28.5. The number of amides is 2. The van der Waals surface area contributed by atoms with Gasteiger partial charge in [0, 0.05) is 35.6 Å². The topological polar surface area (TPSA) is 100 Å². The van der Waals surface area contributed by atoms with Gasteiger partial charge in [-0.3, -0.25) is 9.59 Å². The molecule has 8 nitrogen and oxygen atoms in total. The molecule has 0 aromatic heterocycles. The number of ether oxygens (including phenoxy) is 2. The molecule has 6 rings (SSSR count). The van der Waals surface area contributed by atoms with Crippen LogP contribution in [0.25, 0.3) is 5.57 Å². The molecule has 3 aromatic carbocycles. The summed E-state index contributed by atoms with van der Waals surface area (Å²) in [5.41, 5.74) is 5.12. The number of benzene rings is 3. The Bertz CT molecular complexity index is 1660. The van der Waals surface area contributed by atoms with Crippen molar-refractivity contribution in [3.63, 3.8) is 0 Å². The summed E-state index contributed by atoms with van der Waals surface area (Å²) < 4.78 is 11.7. The molecular weight excluding hydrogens is 673 g/mol. The number of nitrogens with one attached hydrogen (secondary N) is 2. The fraction of sp³-hybridized carbons (Fsp3) is 0.405. The molecule has 1 atom stereocenters. The van der Waals surface area contributed by atoms with E-state index in [1.54, 1.807) is 12.1 Å². The van der Waals surface area contributed by atoms with Crippen LogP contribution in [0.5, 0.6) is 11.5 Å². The number of aliphatic hydroxyl groups is 1. The van der Waals surface area contributed by atoms with E-state index in [2.05, 4.69) is 10.6 Å². The number of carbonyl (C=O) groups excluding carboxylic acids is 2. The minimum Gasteiger partial charge on any atom is -0.490 e. The third-order valence-electron chi connectivity index (χ3n) is 8.91. The van der Waals surface area contributed by atoms with Crippen molar-refractivity contribution < 1.29 is 24.2 Å². The van der Waals surface area contributed by atoms with Crippen molar-refractivity contribution in [2.75, 3.05) is 26.4 Å². The first-order chi connectivity index (χ1) is 23.2. The molecule has 254 valence electrons. The molecule has 2 saturated carbocycles. The summed E-state index contributed by atoms with van der Waals surface area (Å²) in [7, 11) is 0. The van der Waals surface area contributed by atoms with E-state index in [9.17, 15) is 14.7 Å². The molecule has 0 unspecified atom stereocenters. The molecule has 0 bridgehead atoms. The largest absolute Gasteiger partial charge is 0.490 e. The third kappa shape index (κ3) is 8.47. The summed E-state index contributed by atoms with van der Waals surface area (Å²) in [5, 5.41) is 18.2. The number of aryl methyl sites for hydroxylation is 1. The molecule has 3 N–H and O–H groups in total. The highest BCUT2D eigenvalue weighted by Gasteiger charge is 2.38. The number of hydrogen-bond donors (Lipinski definition) is 3. The van der Waals surface area contributed by atoms with Gasteiger partial charge in [0.05, 0.1) is 22.7 Å². The zero-order valence-corrected chi connectivity index (χ0v) is 29.1. The summed E-state index contributed by atoms with van der Waals surface area (Å²) in [6, 6.07) is 16.6. The second kappa shape index (κ2) is 15.5. The van der Waals surface area contributed by atoms with Crippen molar-refractivity contribution >= 4 is 52.2 Å². The molecule has 11 heteroatoms. The van der Waals surface area contributed by atoms with Gasteiger partial charge in [-0.2, -0.15) is 0 Å². The molecule has 2 fully saturated rings. The molecule has 2 amide bonds. The van der Waals surface area contributed by atoms with Crippen molar-refractivity contribution in [2.24, 2.45) is 5.92 Å². The number of aliphatic hydroxyl groups excluding tert-OH is 1. The second-order valence-electron chi connectivity index (χ2n) is 12.7. The van der Waals surface area contributed by atoms with Gasteiger partial charge in [-0.1, -0.05) is 59.1 Å². The van der Waals surface area contributed by atoms with Gasteiger partial charge in [-0.15, -0.1) is 0 Å². The van der Waals surface area contributed by atoms with E-state index in [0.29, 0.717) is 58.2 Å². The van der Waals surface area contributed by atoms with E-state index in [1.165, 1.54) is 0 Å². The average Bonchev–Trinajstić information content (AvgIpc) is 4.00. The maximum Gasteiger partial charge on any atom is 0.252 e. The summed E-state index contributed by atoms with van der Waals surface area (Å²) in [5.74, 6) is 1.21. The average molecular weight is 713 g/mol. The lowest BCUT2D eigenvalue weighted by Crippen LogP contribution is -2.46. The molecule has 0 radical (unpaired) electrons. The van der Waals surface area contributed by atoms with Gasteiger partial charge >= 0.3 is 0 Å². The third-order valence-corrected chi connectivity index (χ3v) is 9.84. The summed E-state index contributed by atoms with van der Waals surface area (Å²) in [6.07, 6.45) is 4.37. The number of halogens is 3. The molecule has 0 spiro atoms. The minimum atomic E-state index is -0.490. The number of nitrogens with zero attached hydrogens (tertiary/aromatic N) is 1. The van der Waals surface area contributed by atoms with Crippen LogP contribution in [0.3, 0.4) is 0 Å². The highest BCUT2D eigenvalue weighted by atomic mass is 35.5. The number of carbonyl (C=O) groups is 2. The van der Waals surface area contributed by atoms with Gasteiger partial charge in [-0.25, -0.2) is 0 Å². The van der Waals surface area contributed by atoms with Crippen molar-refractivity contribution in [3.05, 3.63) is 97.5 Å². The Morgan fingerprint density at radius 3 is 2.31 bits per heavy atom. The van der Waals surface area contributed by atoms with E-state index < -0.39 is 6.04 Å². The van der Waals surface area contributed by atoms with Crippen LogP contribution in [0.15, 0.2) is 60.2 Å². The first-order valence-electron chi connectivity index (χ1n) is 16.5. The van der Waals surface area contributed by atoms with Crippen molar-refractivity contribution in [1.29, 1.82) is 0 Å². The molecule has 1 heterocycles. The monoisotopic (exact) mass is 711 g/mol. The maximum atomic E-state index is 14.4. The van der Waals surface area contributed by atoms with Crippen LogP contribution in [0.4, 0.5) is 0 Å². The predicted molar refractivity (Wildman–Crippen MR) is 189 cm³/mol. The molecule has 0 saturated heterocycles. The van der Waals surface area contributed by atoms with E-state index in [4.69, 9.17) is 44.3 Å². The first kappa shape index (κ1) is 34.6. The predicted octanol–water partition coefficient (Wildman–Crippen LogP) is 6.74. The van der Waals surface area contributed by atoms with Crippen molar-refractivity contribution in [2.45, 2.75) is 64.2 Å². The zero-order chi connectivity index (χ0) is 33.8. The van der Waals surface area contributed by atoms with Crippen LogP contribution >= 0.6 is 34.8 Å². The van der Waals surface area contributed by atoms with Crippen molar-refractivity contribution in [3.8, 4) is 11.5 Å². The zero-order valence-electron chi connectivity index (χ0n) is 26.9. The van der Waals surface area contributed by atoms with Crippen LogP contribution in [0.2, 0.25) is 15.1 Å². The summed E-state index contributed by atoms with van der Waals surface area (Å²) >= 11 is 19.2. The van der Waals surface area contributed by atoms with Gasteiger partial charge in [0.25, 0.3) is 5.91 Å². The van der Waals surface area contributed by atoms with Crippen molar-refractivity contribution in [1.82, 2.24) is 15.5 Å². The molecule has 1 aliphatic heterocycles. The number of hydrogen-bond acceptors (Lipinski definition) is 6. The Morgan fingerprint density at radius 2 is 1.65 bits per heavy atom. The van der Waals surface area contributed by atoms with Crippen LogP contribution in [-0.4, -0.2) is 60.3 Å². The van der Waals surface area contributed by atoms with Gasteiger partial charge in [-0.05, 0) is 104 Å². The SMILES string of the molecule is Cc1cc(Cl)c(OCCOc2ccc(C3=C(C(=O)N(Cc4cc(CNC(=O)C5CC5)ccc4Cl)C4CC4)[C@@H](CO)NCC3)cc2)c(Cl)c1. The van der Waals surface area contributed by atoms with E-state index in [1.807, 2.05) is 54.3 Å². The van der Waals surface area contributed by atoms with Crippen LogP contribution < -0.4 is 20.1 Å². The number of rotatable bonds is 14. The van der Waals surface area contributed by atoms with E-state index >= 15 is 0 Å². The standard InChI is InChI=1S/C37H40Cl3N3O5/c1-22-16-31(39)35(32(40)17-22)48-15-14-47-28-9-5-24(6-10-28)29-12-13-41-33(21-44)34(29)37(46)43(27-7-8-27)20-26-18-23(2-11-30(26)38)19-42-36(45)25-3-4-25/h2,5-6,9-11,16-18,25,27,33,41,44H,3-4,7-8,12-15,19-21H2,1H3,(H,42,45)/t33-/m1/s1. The van der Waals surface area contributed by atoms with E-state index in [0.717, 1.165) is 53.5 Å². The highest BCUT2D eigenvalue weighted by Crippen LogP contribution is 2.37. The molecule has 48 heavy (non-hydrogen) atoms. The Balaban J connectivity index is 1.16. The Hall–Kier alpha value is -3.27. The Kier molecular flexibility index (Phi) is 11.2. The smallest absolute Gasteiger partial charge is 0.252 e. The molecule has 3 aromatic rings. The second-order valence-corrected chi connectivity index (χ2v) is 13.9. The normalized spacial score (nSPS) is 17.6. The Morgan fingerprint density at radius 1 is 0.938 bits per heavy atom. The van der Waals surface area contributed by atoms with Crippen LogP contribution in [0, 0.1) is 12.8 Å². The van der Waals surface area contributed by atoms with Crippen LogP contribution in [0.1, 0.15) is 54.4 Å². The Labute approximate surface area is 296 Å². The van der Waals surface area contributed by atoms with Crippen LogP contribution in [-0.2, 0) is 22.7 Å². The highest BCUT2D eigenvalue weighted by molar-refractivity contribution is 6.37. The lowest BCUT2D eigenvalue weighted by Gasteiger charge is -2.33.